The lowest BCUT2D eigenvalue weighted by Gasteiger charge is -2.16. The molecule has 1 atom stereocenters. The van der Waals surface area contributed by atoms with Crippen LogP contribution in [0.4, 0.5) is 0 Å². The van der Waals surface area contributed by atoms with E-state index in [1.165, 1.54) is 6.26 Å². The average molecular weight is 420 g/mol. The van der Waals surface area contributed by atoms with Crippen molar-refractivity contribution >= 4 is 15.8 Å². The normalized spacial score (nSPS) is 13.1. The second-order valence-electron chi connectivity index (χ2n) is 6.74. The number of guanidine groups is 1. The Labute approximate surface area is 172 Å². The number of ether oxygens (including phenoxy) is 1. The molecule has 0 spiro atoms. The van der Waals surface area contributed by atoms with Crippen LogP contribution < -0.4 is 15.4 Å². The van der Waals surface area contributed by atoms with Crippen LogP contribution in [-0.4, -0.2) is 45.9 Å². The summed E-state index contributed by atoms with van der Waals surface area (Å²) in [5, 5.41) is 16.7. The van der Waals surface area contributed by atoms with Crippen LogP contribution in [0.3, 0.4) is 0 Å². The number of nitrogens with one attached hydrogen (secondary N) is 2. The Bertz CT molecular complexity index is 958. The molecule has 3 N–H and O–H groups in total. The first-order valence-corrected chi connectivity index (χ1v) is 11.3. The van der Waals surface area contributed by atoms with Crippen molar-refractivity contribution in [2.45, 2.75) is 31.4 Å². The summed E-state index contributed by atoms with van der Waals surface area (Å²) in [6.45, 7) is 5.08. The molecular formula is C21H29N3O4S. The van der Waals surface area contributed by atoms with Gasteiger partial charge in [-0.1, -0.05) is 24.3 Å². The molecule has 0 aromatic heterocycles. The van der Waals surface area contributed by atoms with Gasteiger partial charge in [0.15, 0.2) is 15.8 Å². The van der Waals surface area contributed by atoms with E-state index in [0.29, 0.717) is 35.3 Å². The lowest BCUT2D eigenvalue weighted by atomic mass is 10.1. The molecule has 0 amide bonds. The number of benzene rings is 2. The maximum absolute atomic E-state index is 11.7. The lowest BCUT2D eigenvalue weighted by molar-refractivity contribution is 0.180. The van der Waals surface area contributed by atoms with Gasteiger partial charge < -0.3 is 20.5 Å². The SMILES string of the molecule is CCNC(=NCc1ccc(S(C)(=O)=O)c(C)c1)NCC(O)c1cccc(OC)c1. The van der Waals surface area contributed by atoms with Crippen molar-refractivity contribution in [1.29, 1.82) is 0 Å². The van der Waals surface area contributed by atoms with E-state index < -0.39 is 15.9 Å². The van der Waals surface area contributed by atoms with Gasteiger partial charge in [-0.3, -0.25) is 0 Å². The minimum atomic E-state index is -3.24. The number of aryl methyl sites for hydroxylation is 1. The molecule has 0 aliphatic heterocycles. The predicted octanol–water partition coefficient (Wildman–Crippen LogP) is 2.20. The van der Waals surface area contributed by atoms with Crippen LogP contribution in [0.1, 0.15) is 29.7 Å². The van der Waals surface area contributed by atoms with Gasteiger partial charge in [0.25, 0.3) is 0 Å². The van der Waals surface area contributed by atoms with Gasteiger partial charge >= 0.3 is 0 Å². The Balaban J connectivity index is 2.05. The van der Waals surface area contributed by atoms with E-state index in [1.54, 1.807) is 32.2 Å². The highest BCUT2D eigenvalue weighted by atomic mass is 32.2. The number of aliphatic hydroxyl groups excluding tert-OH is 1. The van der Waals surface area contributed by atoms with Gasteiger partial charge in [0.05, 0.1) is 24.7 Å². The van der Waals surface area contributed by atoms with Gasteiger partial charge in [-0.25, -0.2) is 13.4 Å². The van der Waals surface area contributed by atoms with E-state index in [-0.39, 0.29) is 6.54 Å². The molecule has 29 heavy (non-hydrogen) atoms. The predicted molar refractivity (Wildman–Crippen MR) is 115 cm³/mol. The van der Waals surface area contributed by atoms with Crippen LogP contribution in [0.15, 0.2) is 52.4 Å². The number of methoxy groups -OCH3 is 1. The summed E-state index contributed by atoms with van der Waals surface area (Å²) in [4.78, 5) is 4.86. The van der Waals surface area contributed by atoms with Crippen LogP contribution in [0.2, 0.25) is 0 Å². The number of sulfone groups is 1. The molecule has 0 bridgehead atoms. The molecule has 7 nitrogen and oxygen atoms in total. The molecule has 0 aliphatic rings. The van der Waals surface area contributed by atoms with Crippen molar-refractivity contribution < 1.29 is 18.3 Å². The molecule has 0 radical (unpaired) electrons. The highest BCUT2D eigenvalue weighted by molar-refractivity contribution is 7.90. The van der Waals surface area contributed by atoms with Crippen molar-refractivity contribution in [2.75, 3.05) is 26.5 Å². The van der Waals surface area contributed by atoms with Crippen molar-refractivity contribution in [3.8, 4) is 5.75 Å². The largest absolute Gasteiger partial charge is 0.497 e. The summed E-state index contributed by atoms with van der Waals surface area (Å²) < 4.78 is 28.7. The maximum Gasteiger partial charge on any atom is 0.191 e. The van der Waals surface area contributed by atoms with E-state index >= 15 is 0 Å². The Hall–Kier alpha value is -2.58. The number of hydrogen-bond donors (Lipinski definition) is 3. The molecule has 0 fully saturated rings. The van der Waals surface area contributed by atoms with Crippen molar-refractivity contribution in [1.82, 2.24) is 10.6 Å². The monoisotopic (exact) mass is 419 g/mol. The number of rotatable bonds is 8. The molecule has 0 heterocycles. The third kappa shape index (κ3) is 6.76. The summed E-state index contributed by atoms with van der Waals surface area (Å²) >= 11 is 0. The number of nitrogens with zero attached hydrogens (tertiary/aromatic N) is 1. The highest BCUT2D eigenvalue weighted by Crippen LogP contribution is 2.19. The summed E-state index contributed by atoms with van der Waals surface area (Å²) in [5.74, 6) is 1.26. The fraction of sp³-hybridized carbons (Fsp3) is 0.381. The zero-order valence-electron chi connectivity index (χ0n) is 17.3. The molecule has 158 valence electrons. The fourth-order valence-electron chi connectivity index (χ4n) is 2.90. The summed E-state index contributed by atoms with van der Waals surface area (Å²) in [6.07, 6.45) is 0.485. The van der Waals surface area contributed by atoms with E-state index in [0.717, 1.165) is 11.1 Å². The minimum absolute atomic E-state index is 0.283. The molecule has 0 saturated heterocycles. The smallest absolute Gasteiger partial charge is 0.191 e. The topological polar surface area (TPSA) is 100 Å². The average Bonchev–Trinajstić information content (AvgIpc) is 2.69. The molecular weight excluding hydrogens is 390 g/mol. The Morgan fingerprint density at radius 3 is 2.59 bits per heavy atom. The quantitative estimate of drug-likeness (QED) is 0.448. The summed E-state index contributed by atoms with van der Waals surface area (Å²) in [7, 11) is -1.65. The van der Waals surface area contributed by atoms with Gasteiger partial charge in [-0.15, -0.1) is 0 Å². The molecule has 8 heteroatoms. The van der Waals surface area contributed by atoms with Gasteiger partial charge in [0.2, 0.25) is 0 Å². The Morgan fingerprint density at radius 1 is 1.21 bits per heavy atom. The third-order valence-corrected chi connectivity index (χ3v) is 5.60. The Morgan fingerprint density at radius 2 is 1.97 bits per heavy atom. The van der Waals surface area contributed by atoms with Crippen LogP contribution in [0.25, 0.3) is 0 Å². The minimum Gasteiger partial charge on any atom is -0.497 e. The van der Waals surface area contributed by atoms with Crippen molar-refractivity contribution in [3.63, 3.8) is 0 Å². The van der Waals surface area contributed by atoms with Gasteiger partial charge in [0, 0.05) is 19.3 Å². The van der Waals surface area contributed by atoms with Gasteiger partial charge in [-0.05, 0) is 48.7 Å². The van der Waals surface area contributed by atoms with Gasteiger partial charge in [-0.2, -0.15) is 0 Å². The van der Waals surface area contributed by atoms with E-state index in [1.807, 2.05) is 31.2 Å². The standard InChI is InChI=1S/C21H29N3O4S/c1-5-22-21(24-14-19(25)17-7-6-8-18(12-17)28-3)23-13-16-9-10-20(15(2)11-16)29(4,26)27/h6-12,19,25H,5,13-14H2,1-4H3,(H2,22,23,24). The second kappa shape index (κ2) is 10.3. The maximum atomic E-state index is 11.7. The van der Waals surface area contributed by atoms with Crippen molar-refractivity contribution in [3.05, 3.63) is 59.2 Å². The number of hydrogen-bond acceptors (Lipinski definition) is 5. The third-order valence-electron chi connectivity index (χ3n) is 4.34. The zero-order chi connectivity index (χ0) is 21.4. The Kier molecular flexibility index (Phi) is 8.04. The number of aliphatic imine (C=N–C) groups is 1. The zero-order valence-corrected chi connectivity index (χ0v) is 18.1. The number of aliphatic hydroxyl groups is 1. The summed E-state index contributed by atoms with van der Waals surface area (Å²) in [6, 6.07) is 12.5. The molecule has 0 saturated carbocycles. The van der Waals surface area contributed by atoms with Crippen molar-refractivity contribution in [2.24, 2.45) is 4.99 Å². The molecule has 2 rings (SSSR count). The molecule has 1 unspecified atom stereocenters. The second-order valence-corrected chi connectivity index (χ2v) is 8.72. The van der Waals surface area contributed by atoms with Crippen LogP contribution in [-0.2, 0) is 16.4 Å². The summed E-state index contributed by atoms with van der Waals surface area (Å²) in [5.41, 5.74) is 2.35. The van der Waals surface area contributed by atoms with Crippen LogP contribution in [0, 0.1) is 6.92 Å². The molecule has 0 aliphatic carbocycles. The highest BCUT2D eigenvalue weighted by Gasteiger charge is 2.12. The van der Waals surface area contributed by atoms with E-state index in [4.69, 9.17) is 4.74 Å². The van der Waals surface area contributed by atoms with E-state index in [9.17, 15) is 13.5 Å². The van der Waals surface area contributed by atoms with E-state index in [2.05, 4.69) is 15.6 Å². The lowest BCUT2D eigenvalue weighted by Crippen LogP contribution is -2.39. The van der Waals surface area contributed by atoms with Crippen LogP contribution in [0.5, 0.6) is 5.75 Å². The first kappa shape index (κ1) is 22.7. The van der Waals surface area contributed by atoms with Crippen LogP contribution >= 0.6 is 0 Å². The molecule has 2 aromatic carbocycles. The molecule has 2 aromatic rings. The first-order valence-electron chi connectivity index (χ1n) is 9.38. The van der Waals surface area contributed by atoms with Gasteiger partial charge in [0.1, 0.15) is 5.75 Å². The fourth-order valence-corrected chi connectivity index (χ4v) is 3.86. The first-order chi connectivity index (χ1) is 13.7.